The Bertz CT molecular complexity index is 416. The maximum Gasteiger partial charge on any atom is 0.0707 e. The fourth-order valence-corrected chi connectivity index (χ4v) is 3.39. The van der Waals surface area contributed by atoms with Crippen LogP contribution in [0.3, 0.4) is 0 Å². The third-order valence-electron chi connectivity index (χ3n) is 3.85. The molecule has 3 unspecified atom stereocenters. The average molecular weight is 312 g/mol. The highest BCUT2D eigenvalue weighted by Crippen LogP contribution is 2.31. The van der Waals surface area contributed by atoms with Gasteiger partial charge in [0.05, 0.1) is 12.2 Å². The van der Waals surface area contributed by atoms with Crippen LogP contribution in [-0.2, 0) is 4.74 Å². The van der Waals surface area contributed by atoms with E-state index in [0.717, 1.165) is 17.6 Å². The molecular weight excluding hydrogens is 294 g/mol. The molecule has 2 N–H and O–H groups in total. The molecule has 18 heavy (non-hydrogen) atoms. The van der Waals surface area contributed by atoms with E-state index in [9.17, 15) is 0 Å². The monoisotopic (exact) mass is 311 g/mol. The van der Waals surface area contributed by atoms with E-state index in [1.165, 1.54) is 18.4 Å². The summed E-state index contributed by atoms with van der Waals surface area (Å²) in [5.74, 6) is 0. The predicted molar refractivity (Wildman–Crippen MR) is 73.2 cm³/mol. The number of hydrogen-bond donors (Lipinski definition) is 1. The van der Waals surface area contributed by atoms with E-state index in [1.54, 1.807) is 6.20 Å². The van der Waals surface area contributed by atoms with Gasteiger partial charge in [-0.05, 0) is 40.4 Å². The van der Waals surface area contributed by atoms with E-state index >= 15 is 0 Å². The van der Waals surface area contributed by atoms with Crippen LogP contribution in [0.4, 0.5) is 0 Å². The molecule has 5 heteroatoms. The zero-order valence-electron chi connectivity index (χ0n) is 10.3. The Balaban J connectivity index is 1.80. The van der Waals surface area contributed by atoms with Gasteiger partial charge >= 0.3 is 0 Å². The number of ether oxygens (including phenoxy) is 1. The van der Waals surface area contributed by atoms with Gasteiger partial charge in [-0.25, -0.2) is 0 Å². The number of halogens is 1. The van der Waals surface area contributed by atoms with E-state index < -0.39 is 0 Å². The molecule has 0 amide bonds. The van der Waals surface area contributed by atoms with Crippen LogP contribution in [0.5, 0.6) is 0 Å². The first-order chi connectivity index (χ1) is 8.76. The van der Waals surface area contributed by atoms with Crippen molar-refractivity contribution in [2.45, 2.75) is 31.1 Å². The molecule has 3 rings (SSSR count). The van der Waals surface area contributed by atoms with Crippen molar-refractivity contribution >= 4 is 15.9 Å². The number of aromatic nitrogens is 1. The minimum absolute atomic E-state index is 0.252. The number of pyridine rings is 1. The highest BCUT2D eigenvalue weighted by atomic mass is 79.9. The molecule has 3 heterocycles. The first-order valence-corrected chi connectivity index (χ1v) is 7.25. The van der Waals surface area contributed by atoms with Crippen molar-refractivity contribution in [2.24, 2.45) is 5.73 Å². The summed E-state index contributed by atoms with van der Waals surface area (Å²) in [6, 6.07) is 2.36. The van der Waals surface area contributed by atoms with Crippen LogP contribution in [0.15, 0.2) is 22.9 Å². The van der Waals surface area contributed by atoms with Crippen LogP contribution in [0.1, 0.15) is 24.4 Å². The van der Waals surface area contributed by atoms with Crippen molar-refractivity contribution in [2.75, 3.05) is 19.6 Å². The second kappa shape index (κ2) is 5.25. The van der Waals surface area contributed by atoms with Gasteiger partial charge in [-0.15, -0.1) is 0 Å². The molecule has 1 aromatic rings. The van der Waals surface area contributed by atoms with E-state index in [-0.39, 0.29) is 6.04 Å². The predicted octanol–water partition coefficient (Wildman–Crippen LogP) is 1.71. The van der Waals surface area contributed by atoms with Gasteiger partial charge in [0, 0.05) is 42.5 Å². The molecule has 0 saturated carbocycles. The lowest BCUT2D eigenvalue weighted by atomic mass is 10.1. The topological polar surface area (TPSA) is 51.4 Å². The lowest BCUT2D eigenvalue weighted by molar-refractivity contribution is -0.0521. The fraction of sp³-hybridized carbons (Fsp3) is 0.615. The molecule has 98 valence electrons. The zero-order chi connectivity index (χ0) is 12.5. The van der Waals surface area contributed by atoms with Gasteiger partial charge < -0.3 is 10.5 Å². The van der Waals surface area contributed by atoms with Gasteiger partial charge in [0.15, 0.2) is 0 Å². The SMILES string of the molecule is NCC(c1cncc(Br)c1)N1CC2CCC(C1)O2. The molecule has 2 saturated heterocycles. The first kappa shape index (κ1) is 12.5. The normalized spacial score (nSPS) is 29.4. The van der Waals surface area contributed by atoms with Crippen molar-refractivity contribution in [1.29, 1.82) is 0 Å². The van der Waals surface area contributed by atoms with E-state index in [0.29, 0.717) is 18.8 Å². The van der Waals surface area contributed by atoms with Crippen LogP contribution >= 0.6 is 15.9 Å². The van der Waals surface area contributed by atoms with Crippen molar-refractivity contribution in [3.63, 3.8) is 0 Å². The highest BCUT2D eigenvalue weighted by Gasteiger charge is 2.36. The molecule has 2 fully saturated rings. The molecule has 3 atom stereocenters. The summed E-state index contributed by atoms with van der Waals surface area (Å²) in [7, 11) is 0. The van der Waals surface area contributed by atoms with Gasteiger partial charge in [-0.2, -0.15) is 0 Å². The zero-order valence-corrected chi connectivity index (χ0v) is 11.8. The second-order valence-corrected chi connectivity index (χ2v) is 6.02. The van der Waals surface area contributed by atoms with E-state index in [4.69, 9.17) is 10.5 Å². The maximum absolute atomic E-state index is 5.97. The second-order valence-electron chi connectivity index (χ2n) is 5.10. The molecular formula is C13H18BrN3O. The molecule has 0 radical (unpaired) electrons. The van der Waals surface area contributed by atoms with Crippen LogP contribution in [0, 0.1) is 0 Å². The Morgan fingerprint density at radius 1 is 1.39 bits per heavy atom. The minimum atomic E-state index is 0.252. The van der Waals surface area contributed by atoms with Gasteiger partial charge in [0.2, 0.25) is 0 Å². The third-order valence-corrected chi connectivity index (χ3v) is 4.28. The summed E-state index contributed by atoms with van der Waals surface area (Å²) in [6.07, 6.45) is 6.90. The molecule has 2 aliphatic heterocycles. The van der Waals surface area contributed by atoms with Crippen LogP contribution in [-0.4, -0.2) is 41.7 Å². The van der Waals surface area contributed by atoms with Crippen molar-refractivity contribution in [3.05, 3.63) is 28.5 Å². The van der Waals surface area contributed by atoms with E-state index in [2.05, 4.69) is 31.9 Å². The van der Waals surface area contributed by atoms with Gasteiger partial charge in [0.1, 0.15) is 0 Å². The average Bonchev–Trinajstić information content (AvgIpc) is 2.70. The molecule has 0 aromatic carbocycles. The van der Waals surface area contributed by atoms with Crippen LogP contribution < -0.4 is 5.73 Å². The largest absolute Gasteiger partial charge is 0.372 e. The standard InChI is InChI=1S/C13H18BrN3O/c14-10-3-9(5-16-6-10)13(4-15)17-7-11-1-2-12(8-17)18-11/h3,5-6,11-13H,1-2,4,7-8,15H2. The maximum atomic E-state index is 5.97. The van der Waals surface area contributed by atoms with Gasteiger partial charge in [-0.3, -0.25) is 9.88 Å². The number of fused-ring (bicyclic) bond motifs is 2. The Labute approximate surface area is 116 Å². The summed E-state index contributed by atoms with van der Waals surface area (Å²) < 4.78 is 6.88. The number of morpholine rings is 1. The molecule has 2 bridgehead atoms. The number of nitrogens with two attached hydrogens (primary N) is 1. The van der Waals surface area contributed by atoms with Crippen LogP contribution in [0.2, 0.25) is 0 Å². The Morgan fingerprint density at radius 3 is 2.72 bits per heavy atom. The van der Waals surface area contributed by atoms with E-state index in [1.807, 2.05) is 6.20 Å². The molecule has 4 nitrogen and oxygen atoms in total. The summed E-state index contributed by atoms with van der Waals surface area (Å²) >= 11 is 3.47. The summed E-state index contributed by atoms with van der Waals surface area (Å²) in [6.45, 7) is 2.60. The number of nitrogens with zero attached hydrogens (tertiary/aromatic N) is 2. The Morgan fingerprint density at radius 2 is 2.11 bits per heavy atom. The highest BCUT2D eigenvalue weighted by molar-refractivity contribution is 9.10. The number of hydrogen-bond acceptors (Lipinski definition) is 4. The van der Waals surface area contributed by atoms with Crippen molar-refractivity contribution in [1.82, 2.24) is 9.88 Å². The molecule has 0 spiro atoms. The molecule has 1 aromatic heterocycles. The van der Waals surface area contributed by atoms with Crippen LogP contribution in [0.25, 0.3) is 0 Å². The number of rotatable bonds is 3. The lowest BCUT2D eigenvalue weighted by Crippen LogP contribution is -2.46. The molecule has 0 aliphatic carbocycles. The smallest absolute Gasteiger partial charge is 0.0707 e. The summed E-state index contributed by atoms with van der Waals surface area (Å²) in [4.78, 5) is 6.69. The van der Waals surface area contributed by atoms with Crippen molar-refractivity contribution < 1.29 is 4.74 Å². The Hall–Kier alpha value is -0.490. The first-order valence-electron chi connectivity index (χ1n) is 6.46. The fourth-order valence-electron chi connectivity index (χ4n) is 3.01. The van der Waals surface area contributed by atoms with Crippen molar-refractivity contribution in [3.8, 4) is 0 Å². The molecule has 2 aliphatic rings. The quantitative estimate of drug-likeness (QED) is 0.923. The van der Waals surface area contributed by atoms with Gasteiger partial charge in [-0.1, -0.05) is 0 Å². The third kappa shape index (κ3) is 2.45. The lowest BCUT2D eigenvalue weighted by Gasteiger charge is -2.37. The van der Waals surface area contributed by atoms with Gasteiger partial charge in [0.25, 0.3) is 0 Å². The minimum Gasteiger partial charge on any atom is -0.372 e. The number of likely N-dealkylation sites (tertiary alicyclic amines) is 1. The summed E-state index contributed by atoms with van der Waals surface area (Å²) in [5, 5.41) is 0. The Kier molecular flexibility index (Phi) is 3.66. The summed E-state index contributed by atoms with van der Waals surface area (Å²) in [5.41, 5.74) is 7.16.